The molecule has 0 radical (unpaired) electrons. The maximum absolute atomic E-state index is 10.8. The number of pyridine rings is 1. The lowest BCUT2D eigenvalue weighted by Crippen LogP contribution is -2.04. The Morgan fingerprint density at radius 2 is 1.93 bits per heavy atom. The summed E-state index contributed by atoms with van der Waals surface area (Å²) >= 11 is 5.95. The minimum Gasteiger partial charge on any atom is -0.481 e. The Hall–Kier alpha value is -2.66. The van der Waals surface area contributed by atoms with Gasteiger partial charge in [0.15, 0.2) is 0 Å². The van der Waals surface area contributed by atoms with Crippen molar-refractivity contribution in [1.82, 2.24) is 4.98 Å². The van der Waals surface area contributed by atoms with Crippen LogP contribution in [0.4, 0.5) is 0 Å². The van der Waals surface area contributed by atoms with E-state index in [1.807, 2.05) is 12.1 Å². The number of halogens is 1. The molecule has 0 spiro atoms. The minimum atomic E-state index is -1.05. The van der Waals surface area contributed by atoms with Crippen molar-refractivity contribution in [3.63, 3.8) is 0 Å². The van der Waals surface area contributed by atoms with E-state index in [1.165, 1.54) is 25.2 Å². The van der Waals surface area contributed by atoms with E-state index in [0.29, 0.717) is 5.71 Å². The molecule has 2 aromatic rings. The quantitative estimate of drug-likeness (QED) is 0.403. The topological polar surface area (TPSA) is 71.8 Å². The summed E-state index contributed by atoms with van der Waals surface area (Å²) in [4.78, 5) is 18.9. The fourth-order valence-electron chi connectivity index (χ4n) is 2.29. The number of aliphatic imine (C=N–C) groups is 1. The fourth-order valence-corrected chi connectivity index (χ4v) is 2.54. The Bertz CT molecular complexity index is 846. The number of aromatic nitrogens is 1. The van der Waals surface area contributed by atoms with E-state index in [0.717, 1.165) is 23.4 Å². The van der Waals surface area contributed by atoms with Crippen molar-refractivity contribution in [2.24, 2.45) is 4.99 Å². The third kappa shape index (κ3) is 7.16. The molecule has 0 bridgehead atoms. The number of hydrogen-bond acceptors (Lipinski definition) is 4. The van der Waals surface area contributed by atoms with Gasteiger partial charge in [0.25, 0.3) is 0 Å². The molecule has 6 heteroatoms. The lowest BCUT2D eigenvalue weighted by atomic mass is 10.1. The zero-order chi connectivity index (χ0) is 21.1. The lowest BCUT2D eigenvalue weighted by molar-refractivity contribution is -0.132. The van der Waals surface area contributed by atoms with Crippen molar-refractivity contribution in [2.45, 2.75) is 40.5 Å². The van der Waals surface area contributed by atoms with Crippen LogP contribution in [0.1, 0.15) is 44.4 Å². The molecule has 0 fully saturated rings. The van der Waals surface area contributed by atoms with Gasteiger partial charge in [0, 0.05) is 23.0 Å². The molecule has 5 nitrogen and oxygen atoms in total. The maximum Gasteiger partial charge on any atom is 0.336 e. The van der Waals surface area contributed by atoms with Gasteiger partial charge in [-0.25, -0.2) is 9.79 Å². The van der Waals surface area contributed by atoms with Gasteiger partial charge in [0.1, 0.15) is 0 Å². The second-order valence-corrected chi connectivity index (χ2v) is 6.42. The molecule has 1 N–H and O–H groups in total. The highest BCUT2D eigenvalue weighted by atomic mass is 35.5. The van der Waals surface area contributed by atoms with Crippen LogP contribution in [0.15, 0.2) is 59.2 Å². The molecule has 28 heavy (non-hydrogen) atoms. The molecule has 0 unspecified atom stereocenters. The molecule has 2 rings (SSSR count). The van der Waals surface area contributed by atoms with Gasteiger partial charge >= 0.3 is 5.97 Å². The van der Waals surface area contributed by atoms with Crippen molar-refractivity contribution in [3.05, 3.63) is 75.9 Å². The van der Waals surface area contributed by atoms with Crippen molar-refractivity contribution in [3.8, 4) is 0 Å². The normalized spacial score (nSPS) is 11.9. The zero-order valence-electron chi connectivity index (χ0n) is 17.0. The standard InChI is InChI=1S/C12H14N2O3.C10H13Cl/c1-8(12(15)16)11(17-3)14-9(2)10-5-4-6-13-7-10;1-3-8-5-6-10(11)9(4-2)7-8/h4-7H,1-3H3,(H,15,16);5-7H,3-4H2,1-2H3/b11-8-,14-9+;. The van der Waals surface area contributed by atoms with E-state index in [2.05, 4.69) is 36.0 Å². The molecule has 0 saturated heterocycles. The number of methoxy groups -OCH3 is 1. The molecule has 0 amide bonds. The van der Waals surface area contributed by atoms with Crippen LogP contribution in [-0.2, 0) is 22.4 Å². The third-order valence-electron chi connectivity index (χ3n) is 4.08. The highest BCUT2D eigenvalue weighted by molar-refractivity contribution is 6.31. The summed E-state index contributed by atoms with van der Waals surface area (Å²) in [5.74, 6) is -0.955. The van der Waals surface area contributed by atoms with Crippen LogP contribution in [0, 0.1) is 0 Å². The maximum atomic E-state index is 10.8. The summed E-state index contributed by atoms with van der Waals surface area (Å²) in [6, 6.07) is 9.88. The highest BCUT2D eigenvalue weighted by Crippen LogP contribution is 2.18. The fraction of sp³-hybridized carbons (Fsp3) is 0.318. The molecule has 0 aliphatic heterocycles. The van der Waals surface area contributed by atoms with Gasteiger partial charge in [-0.2, -0.15) is 0 Å². The molecule has 1 aromatic carbocycles. The average Bonchev–Trinajstić information content (AvgIpc) is 2.72. The number of hydrogen-bond donors (Lipinski definition) is 1. The third-order valence-corrected chi connectivity index (χ3v) is 4.45. The van der Waals surface area contributed by atoms with Crippen LogP contribution in [0.2, 0.25) is 5.02 Å². The summed E-state index contributed by atoms with van der Waals surface area (Å²) in [5, 5.41) is 9.74. The smallest absolute Gasteiger partial charge is 0.336 e. The molecular formula is C22H27ClN2O3. The van der Waals surface area contributed by atoms with Crippen molar-refractivity contribution in [2.75, 3.05) is 7.11 Å². The Morgan fingerprint density at radius 1 is 1.21 bits per heavy atom. The van der Waals surface area contributed by atoms with Gasteiger partial charge in [-0.1, -0.05) is 43.6 Å². The number of carboxylic acids is 1. The number of aryl methyl sites for hydroxylation is 2. The Balaban J connectivity index is 0.000000307. The number of rotatable bonds is 6. The van der Waals surface area contributed by atoms with Crippen LogP contribution in [-0.4, -0.2) is 28.9 Å². The Morgan fingerprint density at radius 3 is 2.43 bits per heavy atom. The van der Waals surface area contributed by atoms with Gasteiger partial charge in [0.05, 0.1) is 18.4 Å². The molecule has 1 heterocycles. The summed E-state index contributed by atoms with van der Waals surface area (Å²) < 4.78 is 4.96. The number of aliphatic carboxylic acids is 1. The van der Waals surface area contributed by atoms with Crippen LogP contribution < -0.4 is 0 Å². The summed E-state index contributed by atoms with van der Waals surface area (Å²) in [6.07, 6.45) is 5.42. The lowest BCUT2D eigenvalue weighted by Gasteiger charge is -2.05. The monoisotopic (exact) mass is 402 g/mol. The molecule has 0 aliphatic rings. The van der Waals surface area contributed by atoms with E-state index in [1.54, 1.807) is 25.4 Å². The van der Waals surface area contributed by atoms with E-state index >= 15 is 0 Å². The van der Waals surface area contributed by atoms with Gasteiger partial charge in [-0.15, -0.1) is 0 Å². The second-order valence-electron chi connectivity index (χ2n) is 6.01. The summed E-state index contributed by atoms with van der Waals surface area (Å²) in [6.45, 7) is 7.50. The molecule has 0 aliphatic carbocycles. The van der Waals surface area contributed by atoms with Gasteiger partial charge in [0.2, 0.25) is 5.88 Å². The average molecular weight is 403 g/mol. The Labute approximate surface area is 171 Å². The number of carbonyl (C=O) groups is 1. The van der Waals surface area contributed by atoms with Gasteiger partial charge in [-0.3, -0.25) is 4.98 Å². The Kier molecular flexibility index (Phi) is 9.96. The molecule has 0 saturated carbocycles. The molecule has 1 aromatic heterocycles. The largest absolute Gasteiger partial charge is 0.481 e. The van der Waals surface area contributed by atoms with Crippen LogP contribution in [0.5, 0.6) is 0 Å². The predicted octanol–water partition coefficient (Wildman–Crippen LogP) is 5.32. The molecule has 0 atom stereocenters. The first-order valence-electron chi connectivity index (χ1n) is 9.05. The van der Waals surface area contributed by atoms with Crippen molar-refractivity contribution < 1.29 is 14.6 Å². The highest BCUT2D eigenvalue weighted by Gasteiger charge is 2.10. The number of ether oxygens (including phenoxy) is 1. The van der Waals surface area contributed by atoms with Crippen LogP contribution in [0.25, 0.3) is 0 Å². The first-order valence-corrected chi connectivity index (χ1v) is 9.42. The van der Waals surface area contributed by atoms with Gasteiger partial charge < -0.3 is 9.84 Å². The van der Waals surface area contributed by atoms with E-state index in [-0.39, 0.29) is 11.5 Å². The first kappa shape index (κ1) is 23.4. The zero-order valence-corrected chi connectivity index (χ0v) is 17.7. The number of carboxylic acid groups (broad SMARTS) is 1. The number of nitrogens with zero attached hydrogens (tertiary/aromatic N) is 2. The first-order chi connectivity index (χ1) is 13.3. The number of benzene rings is 1. The minimum absolute atomic E-state index is 0.0655. The molecule has 150 valence electrons. The molecular weight excluding hydrogens is 376 g/mol. The summed E-state index contributed by atoms with van der Waals surface area (Å²) in [5.41, 5.74) is 4.16. The van der Waals surface area contributed by atoms with Crippen molar-refractivity contribution >= 4 is 23.3 Å². The second kappa shape index (κ2) is 11.9. The summed E-state index contributed by atoms with van der Waals surface area (Å²) in [7, 11) is 1.39. The van der Waals surface area contributed by atoms with Crippen molar-refractivity contribution in [1.29, 1.82) is 0 Å². The van der Waals surface area contributed by atoms with E-state index in [4.69, 9.17) is 21.4 Å². The van der Waals surface area contributed by atoms with E-state index < -0.39 is 5.97 Å². The van der Waals surface area contributed by atoms with E-state index in [9.17, 15) is 4.79 Å². The van der Waals surface area contributed by atoms with Crippen LogP contribution >= 0.6 is 11.6 Å². The van der Waals surface area contributed by atoms with Gasteiger partial charge in [-0.05, 0) is 49.9 Å². The SMILES string of the molecule is CCc1ccc(Cl)c(CC)c1.COC(/N=C(\C)c1cccnc1)=C(/C)C(=O)O. The van der Waals surface area contributed by atoms with Crippen LogP contribution in [0.3, 0.4) is 0 Å². The predicted molar refractivity (Wildman–Crippen MR) is 114 cm³/mol.